The maximum Gasteiger partial charge on any atom is 0.244 e. The van der Waals surface area contributed by atoms with E-state index >= 15 is 0 Å². The van der Waals surface area contributed by atoms with Crippen LogP contribution in [-0.4, -0.2) is 37.5 Å². The molecule has 24 heavy (non-hydrogen) atoms. The molecule has 6 heteroatoms. The first-order valence-electron chi connectivity index (χ1n) is 7.52. The van der Waals surface area contributed by atoms with Crippen LogP contribution in [0.25, 0.3) is 0 Å². The van der Waals surface area contributed by atoms with Crippen molar-refractivity contribution < 1.29 is 13.5 Å². The highest BCUT2D eigenvalue weighted by Crippen LogP contribution is 2.21. The Bertz CT molecular complexity index is 824. The lowest BCUT2D eigenvalue weighted by molar-refractivity contribution is 0.251. The molecule has 0 aliphatic carbocycles. The molecule has 0 unspecified atom stereocenters. The fourth-order valence-electron chi connectivity index (χ4n) is 2.26. The van der Waals surface area contributed by atoms with Crippen molar-refractivity contribution in [1.82, 2.24) is 4.31 Å². The Morgan fingerprint density at radius 3 is 2.38 bits per heavy atom. The zero-order valence-electron chi connectivity index (χ0n) is 13.2. The summed E-state index contributed by atoms with van der Waals surface area (Å²) in [5.41, 5.74) is 6.63. The molecule has 2 aromatic carbocycles. The summed E-state index contributed by atoms with van der Waals surface area (Å²) in [6, 6.07) is 15.8. The van der Waals surface area contributed by atoms with E-state index in [1.165, 1.54) is 10.4 Å². The Morgan fingerprint density at radius 2 is 1.71 bits per heavy atom. The molecule has 0 radical (unpaired) electrons. The van der Waals surface area contributed by atoms with Gasteiger partial charge in [-0.2, -0.15) is 4.31 Å². The number of hydrogen-bond acceptors (Lipinski definition) is 4. The molecule has 0 bridgehead atoms. The monoisotopic (exact) mass is 344 g/mol. The molecule has 2 rings (SSSR count). The average molecular weight is 344 g/mol. The van der Waals surface area contributed by atoms with Gasteiger partial charge in [0.25, 0.3) is 0 Å². The highest BCUT2D eigenvalue weighted by molar-refractivity contribution is 7.89. The van der Waals surface area contributed by atoms with Crippen molar-refractivity contribution in [3.8, 4) is 11.8 Å². The minimum atomic E-state index is -3.79. The molecule has 0 aliphatic heterocycles. The molecular weight excluding hydrogens is 324 g/mol. The summed E-state index contributed by atoms with van der Waals surface area (Å²) in [7, 11) is -3.79. The van der Waals surface area contributed by atoms with Crippen LogP contribution < -0.4 is 5.73 Å². The van der Waals surface area contributed by atoms with Gasteiger partial charge in [-0.1, -0.05) is 54.3 Å². The number of benzene rings is 2. The smallest absolute Gasteiger partial charge is 0.244 e. The Balaban J connectivity index is 2.42. The van der Waals surface area contributed by atoms with Gasteiger partial charge in [0, 0.05) is 18.7 Å². The summed E-state index contributed by atoms with van der Waals surface area (Å²) < 4.78 is 27.3. The third-order valence-electron chi connectivity index (χ3n) is 3.38. The minimum Gasteiger partial charge on any atom is -0.395 e. The topological polar surface area (TPSA) is 83.6 Å². The van der Waals surface area contributed by atoms with Crippen LogP contribution in [-0.2, 0) is 16.6 Å². The maximum absolute atomic E-state index is 13.0. The molecule has 126 valence electrons. The predicted octanol–water partition coefficient (Wildman–Crippen LogP) is 1.18. The quantitative estimate of drug-likeness (QED) is 0.771. The van der Waals surface area contributed by atoms with Crippen LogP contribution in [0.3, 0.4) is 0 Å². The molecule has 0 aromatic heterocycles. The van der Waals surface area contributed by atoms with Crippen molar-refractivity contribution in [1.29, 1.82) is 0 Å². The molecule has 2 aromatic rings. The van der Waals surface area contributed by atoms with Gasteiger partial charge < -0.3 is 10.8 Å². The zero-order chi connectivity index (χ0) is 17.4. The normalized spacial score (nSPS) is 11.1. The molecule has 0 saturated carbocycles. The molecule has 0 atom stereocenters. The number of aliphatic hydroxyl groups excluding tert-OH is 1. The Labute approximate surface area is 142 Å². The summed E-state index contributed by atoms with van der Waals surface area (Å²) in [5.74, 6) is 5.48. The third kappa shape index (κ3) is 4.43. The third-order valence-corrected chi connectivity index (χ3v) is 5.28. The lowest BCUT2D eigenvalue weighted by Gasteiger charge is -2.22. The van der Waals surface area contributed by atoms with Crippen LogP contribution in [0, 0.1) is 11.8 Å². The first kappa shape index (κ1) is 18.2. The van der Waals surface area contributed by atoms with E-state index in [1.54, 1.807) is 18.2 Å². The number of hydrogen-bond donors (Lipinski definition) is 2. The van der Waals surface area contributed by atoms with Gasteiger partial charge >= 0.3 is 0 Å². The fourth-order valence-corrected chi connectivity index (χ4v) is 3.83. The van der Waals surface area contributed by atoms with Gasteiger partial charge in [-0.05, 0) is 17.7 Å². The highest BCUT2D eigenvalue weighted by Gasteiger charge is 2.26. The van der Waals surface area contributed by atoms with Crippen molar-refractivity contribution in [3.63, 3.8) is 0 Å². The van der Waals surface area contributed by atoms with Crippen molar-refractivity contribution in [2.24, 2.45) is 5.73 Å². The summed E-state index contributed by atoms with van der Waals surface area (Å²) in [4.78, 5) is 0.121. The maximum atomic E-state index is 13.0. The van der Waals surface area contributed by atoms with E-state index < -0.39 is 10.0 Å². The summed E-state index contributed by atoms with van der Waals surface area (Å²) in [5, 5.41) is 9.29. The molecule has 0 spiro atoms. The van der Waals surface area contributed by atoms with Crippen LogP contribution in [0.2, 0.25) is 0 Å². The second-order valence-corrected chi connectivity index (χ2v) is 6.96. The van der Waals surface area contributed by atoms with Gasteiger partial charge in [0.2, 0.25) is 10.0 Å². The van der Waals surface area contributed by atoms with Crippen LogP contribution in [0.4, 0.5) is 0 Å². The van der Waals surface area contributed by atoms with Crippen molar-refractivity contribution >= 4 is 10.0 Å². The number of sulfonamides is 1. The zero-order valence-corrected chi connectivity index (χ0v) is 14.0. The molecule has 5 nitrogen and oxygen atoms in total. The van der Waals surface area contributed by atoms with E-state index in [4.69, 9.17) is 5.73 Å². The SMILES string of the molecule is NCC#Cc1ccccc1S(=O)(=O)N(CCO)Cc1ccccc1. The highest BCUT2D eigenvalue weighted by atomic mass is 32.2. The summed E-state index contributed by atoms with van der Waals surface area (Å²) in [6.45, 7) is 0.0831. The molecule has 0 amide bonds. The van der Waals surface area contributed by atoms with Gasteiger partial charge in [-0.25, -0.2) is 8.42 Å². The van der Waals surface area contributed by atoms with E-state index in [0.29, 0.717) is 5.56 Å². The Kier molecular flexibility index (Phi) is 6.53. The van der Waals surface area contributed by atoms with Crippen LogP contribution in [0.15, 0.2) is 59.5 Å². The number of aliphatic hydroxyl groups is 1. The van der Waals surface area contributed by atoms with Crippen molar-refractivity contribution in [2.45, 2.75) is 11.4 Å². The summed E-state index contributed by atoms with van der Waals surface area (Å²) >= 11 is 0. The fraction of sp³-hybridized carbons (Fsp3) is 0.222. The standard InChI is InChI=1S/C18H20N2O3S/c19-12-6-10-17-9-4-5-11-18(17)24(22,23)20(13-14-21)15-16-7-2-1-3-8-16/h1-5,7-9,11,21H,12-15,19H2. The largest absolute Gasteiger partial charge is 0.395 e. The van der Waals surface area contributed by atoms with E-state index in [-0.39, 0.29) is 31.1 Å². The van der Waals surface area contributed by atoms with Gasteiger partial charge in [-0.3, -0.25) is 0 Å². The van der Waals surface area contributed by atoms with Crippen molar-refractivity contribution in [2.75, 3.05) is 19.7 Å². The number of rotatable bonds is 6. The molecule has 0 heterocycles. The van der Waals surface area contributed by atoms with Crippen LogP contribution in [0.1, 0.15) is 11.1 Å². The van der Waals surface area contributed by atoms with E-state index in [9.17, 15) is 13.5 Å². The second kappa shape index (κ2) is 8.62. The minimum absolute atomic E-state index is 0.00980. The lowest BCUT2D eigenvalue weighted by Crippen LogP contribution is -2.33. The van der Waals surface area contributed by atoms with Gasteiger partial charge in [-0.15, -0.1) is 0 Å². The molecule has 0 fully saturated rings. The molecule has 0 aliphatic rings. The van der Waals surface area contributed by atoms with Crippen LogP contribution in [0.5, 0.6) is 0 Å². The predicted molar refractivity (Wildman–Crippen MR) is 93.5 cm³/mol. The Morgan fingerprint density at radius 1 is 1.04 bits per heavy atom. The van der Waals surface area contributed by atoms with Gasteiger partial charge in [0.1, 0.15) is 0 Å². The van der Waals surface area contributed by atoms with E-state index in [0.717, 1.165) is 5.56 Å². The number of nitrogens with zero attached hydrogens (tertiary/aromatic N) is 1. The number of nitrogens with two attached hydrogens (primary N) is 1. The van der Waals surface area contributed by atoms with Crippen molar-refractivity contribution in [3.05, 3.63) is 65.7 Å². The first-order valence-corrected chi connectivity index (χ1v) is 8.96. The van der Waals surface area contributed by atoms with E-state index in [1.807, 2.05) is 30.3 Å². The molecule has 0 saturated heterocycles. The molecular formula is C18H20N2O3S. The van der Waals surface area contributed by atoms with E-state index in [2.05, 4.69) is 11.8 Å². The van der Waals surface area contributed by atoms with Gasteiger partial charge in [0.15, 0.2) is 0 Å². The van der Waals surface area contributed by atoms with Crippen LogP contribution >= 0.6 is 0 Å². The molecule has 3 N–H and O–H groups in total. The van der Waals surface area contributed by atoms with Gasteiger partial charge in [0.05, 0.1) is 18.0 Å². The second-order valence-electron chi connectivity index (χ2n) is 5.05. The first-order chi connectivity index (χ1) is 11.6. The average Bonchev–Trinajstić information content (AvgIpc) is 2.60. The lowest BCUT2D eigenvalue weighted by atomic mass is 10.2. The summed E-state index contributed by atoms with van der Waals surface area (Å²) in [6.07, 6.45) is 0. The Hall–Kier alpha value is -2.17.